The van der Waals surface area contributed by atoms with Gasteiger partial charge in [-0.1, -0.05) is 0 Å². The van der Waals surface area contributed by atoms with Crippen LogP contribution >= 0.6 is 11.6 Å². The van der Waals surface area contributed by atoms with Crippen LogP contribution in [0.15, 0.2) is 47.1 Å². The highest BCUT2D eigenvalue weighted by atomic mass is 35.5. The van der Waals surface area contributed by atoms with Gasteiger partial charge in [0.25, 0.3) is 0 Å². The second-order valence-electron chi connectivity index (χ2n) is 5.03. The summed E-state index contributed by atoms with van der Waals surface area (Å²) >= 11 is 5.58. The quantitative estimate of drug-likeness (QED) is 0.666. The van der Waals surface area contributed by atoms with E-state index in [4.69, 9.17) is 16.0 Å². The number of hydrogen-bond acceptors (Lipinski definition) is 6. The lowest BCUT2D eigenvalue weighted by Crippen LogP contribution is -2.21. The molecule has 0 fully saturated rings. The molecule has 0 aliphatic carbocycles. The van der Waals surface area contributed by atoms with Gasteiger partial charge in [0, 0.05) is 30.2 Å². The van der Waals surface area contributed by atoms with Gasteiger partial charge in [0.1, 0.15) is 5.82 Å². The van der Waals surface area contributed by atoms with E-state index in [1.807, 2.05) is 0 Å². The Hall–Kier alpha value is -2.51. The molecule has 6 nitrogen and oxygen atoms in total. The largest absolute Gasteiger partial charge is 0.416 e. The minimum absolute atomic E-state index is 0.0935. The van der Waals surface area contributed by atoms with E-state index < -0.39 is 11.9 Å². The molecule has 0 amide bonds. The van der Waals surface area contributed by atoms with Crippen LogP contribution in [-0.2, 0) is 0 Å². The van der Waals surface area contributed by atoms with E-state index in [-0.39, 0.29) is 18.3 Å². The smallest absolute Gasteiger partial charge is 0.250 e. The average molecular weight is 349 g/mol. The van der Waals surface area contributed by atoms with Gasteiger partial charge < -0.3 is 14.8 Å². The lowest BCUT2D eigenvalue weighted by Gasteiger charge is -2.12. The topological polar surface area (TPSA) is 84.1 Å². The van der Waals surface area contributed by atoms with Crippen molar-refractivity contribution in [3.05, 3.63) is 48.5 Å². The number of aliphatic hydroxyl groups is 1. The molecule has 2 aromatic heterocycles. The summed E-state index contributed by atoms with van der Waals surface area (Å²) in [6.07, 6.45) is 2.50. The van der Waals surface area contributed by atoms with Crippen molar-refractivity contribution >= 4 is 17.3 Å². The molecule has 0 bridgehead atoms. The molecule has 3 aromatic rings. The lowest BCUT2D eigenvalue weighted by molar-refractivity contribution is 0.211. The molecule has 2 N–H and O–H groups in total. The SMILES string of the molecule is OC(CCl)CNc1ccc(F)cc1-c1nnc(-c2ccncc2)o1. The fourth-order valence-corrected chi connectivity index (χ4v) is 2.18. The highest BCUT2D eigenvalue weighted by molar-refractivity contribution is 6.18. The van der Waals surface area contributed by atoms with Crippen molar-refractivity contribution < 1.29 is 13.9 Å². The van der Waals surface area contributed by atoms with E-state index in [0.29, 0.717) is 22.7 Å². The summed E-state index contributed by atoms with van der Waals surface area (Å²) in [5, 5.41) is 20.5. The number of rotatable bonds is 6. The van der Waals surface area contributed by atoms with Gasteiger partial charge in [0.2, 0.25) is 11.8 Å². The van der Waals surface area contributed by atoms with Crippen molar-refractivity contribution in [1.82, 2.24) is 15.2 Å². The number of nitrogens with zero attached hydrogens (tertiary/aromatic N) is 3. The number of aliphatic hydroxyl groups excluding tert-OH is 1. The van der Waals surface area contributed by atoms with E-state index in [1.54, 1.807) is 30.6 Å². The molecule has 0 saturated heterocycles. The molecule has 0 spiro atoms. The highest BCUT2D eigenvalue weighted by Gasteiger charge is 2.15. The molecule has 24 heavy (non-hydrogen) atoms. The number of aromatic nitrogens is 3. The van der Waals surface area contributed by atoms with Crippen molar-refractivity contribution in [1.29, 1.82) is 0 Å². The standard InChI is InChI=1S/C16H14ClFN4O2/c17-8-12(23)9-20-14-2-1-11(18)7-13(14)16-22-21-15(24-16)10-3-5-19-6-4-10/h1-7,12,20,23H,8-9H2. The summed E-state index contributed by atoms with van der Waals surface area (Å²) in [6, 6.07) is 7.61. The van der Waals surface area contributed by atoms with Gasteiger partial charge in [0.15, 0.2) is 0 Å². The molecule has 3 rings (SSSR count). The van der Waals surface area contributed by atoms with Gasteiger partial charge in [-0.25, -0.2) is 4.39 Å². The zero-order valence-electron chi connectivity index (χ0n) is 12.5. The Morgan fingerprint density at radius 2 is 1.92 bits per heavy atom. The van der Waals surface area contributed by atoms with E-state index in [2.05, 4.69) is 20.5 Å². The Bertz CT molecular complexity index is 813. The molecular weight excluding hydrogens is 335 g/mol. The fraction of sp³-hybridized carbons (Fsp3) is 0.188. The molecule has 2 heterocycles. The Morgan fingerprint density at radius 1 is 1.17 bits per heavy atom. The molecule has 0 aliphatic heterocycles. The first-order valence-corrected chi connectivity index (χ1v) is 7.72. The zero-order valence-corrected chi connectivity index (χ0v) is 13.2. The maximum Gasteiger partial charge on any atom is 0.250 e. The molecule has 0 radical (unpaired) electrons. The average Bonchev–Trinajstić information content (AvgIpc) is 3.11. The Kier molecular flexibility index (Phi) is 5.02. The zero-order chi connectivity index (χ0) is 16.9. The number of pyridine rings is 1. The van der Waals surface area contributed by atoms with Gasteiger partial charge in [-0.05, 0) is 30.3 Å². The maximum atomic E-state index is 13.6. The molecule has 1 aromatic carbocycles. The third kappa shape index (κ3) is 3.69. The summed E-state index contributed by atoms with van der Waals surface area (Å²) in [7, 11) is 0. The first-order valence-electron chi connectivity index (χ1n) is 7.19. The number of alkyl halides is 1. The van der Waals surface area contributed by atoms with E-state index in [9.17, 15) is 9.50 Å². The minimum atomic E-state index is -0.723. The monoisotopic (exact) mass is 348 g/mol. The molecule has 8 heteroatoms. The van der Waals surface area contributed by atoms with Crippen LogP contribution in [0.5, 0.6) is 0 Å². The van der Waals surface area contributed by atoms with Crippen LogP contribution < -0.4 is 5.32 Å². The normalized spacial score (nSPS) is 12.1. The Balaban J connectivity index is 1.91. The number of hydrogen-bond donors (Lipinski definition) is 2. The van der Waals surface area contributed by atoms with E-state index in [0.717, 1.165) is 0 Å². The van der Waals surface area contributed by atoms with Crippen LogP contribution in [0, 0.1) is 5.82 Å². The van der Waals surface area contributed by atoms with Crippen LogP contribution in [0.3, 0.4) is 0 Å². The number of halogens is 2. The molecule has 0 aliphatic rings. The van der Waals surface area contributed by atoms with Gasteiger partial charge in [-0.15, -0.1) is 21.8 Å². The first kappa shape index (κ1) is 16.4. The second kappa shape index (κ2) is 7.37. The molecule has 1 atom stereocenters. The molecule has 0 saturated carbocycles. The van der Waals surface area contributed by atoms with E-state index in [1.165, 1.54) is 12.1 Å². The van der Waals surface area contributed by atoms with Gasteiger partial charge in [0.05, 0.1) is 17.5 Å². The predicted octanol–water partition coefficient (Wildman–Crippen LogP) is 2.95. The fourth-order valence-electron chi connectivity index (χ4n) is 2.07. The highest BCUT2D eigenvalue weighted by Crippen LogP contribution is 2.30. The third-order valence-corrected chi connectivity index (χ3v) is 3.63. The van der Waals surface area contributed by atoms with Gasteiger partial charge in [-0.3, -0.25) is 4.98 Å². The first-order chi connectivity index (χ1) is 11.7. The number of benzene rings is 1. The third-order valence-electron chi connectivity index (χ3n) is 3.27. The summed E-state index contributed by atoms with van der Waals surface area (Å²) < 4.78 is 19.3. The summed E-state index contributed by atoms with van der Waals surface area (Å²) in [4.78, 5) is 3.93. The second-order valence-corrected chi connectivity index (χ2v) is 5.34. The molecular formula is C16H14ClFN4O2. The van der Waals surface area contributed by atoms with Crippen LogP contribution in [0.1, 0.15) is 0 Å². The maximum absolute atomic E-state index is 13.6. The summed E-state index contributed by atoms with van der Waals surface area (Å²) in [5.41, 5.74) is 1.68. The van der Waals surface area contributed by atoms with Gasteiger partial charge in [-0.2, -0.15) is 0 Å². The van der Waals surface area contributed by atoms with Crippen molar-refractivity contribution in [3.63, 3.8) is 0 Å². The van der Waals surface area contributed by atoms with Crippen molar-refractivity contribution in [2.45, 2.75) is 6.10 Å². The Morgan fingerprint density at radius 3 is 2.67 bits per heavy atom. The summed E-state index contributed by atoms with van der Waals surface area (Å²) in [5.74, 6) is 0.140. The Labute approximate surface area is 142 Å². The lowest BCUT2D eigenvalue weighted by atomic mass is 10.1. The van der Waals surface area contributed by atoms with Crippen LogP contribution in [0.2, 0.25) is 0 Å². The van der Waals surface area contributed by atoms with Crippen LogP contribution in [-0.4, -0.2) is 38.8 Å². The van der Waals surface area contributed by atoms with Crippen LogP contribution in [0.25, 0.3) is 22.9 Å². The van der Waals surface area contributed by atoms with E-state index >= 15 is 0 Å². The van der Waals surface area contributed by atoms with Crippen LogP contribution in [0.4, 0.5) is 10.1 Å². The van der Waals surface area contributed by atoms with Crippen molar-refractivity contribution in [2.24, 2.45) is 0 Å². The summed E-state index contributed by atoms with van der Waals surface area (Å²) in [6.45, 7) is 0.216. The number of nitrogens with one attached hydrogen (secondary N) is 1. The van der Waals surface area contributed by atoms with Crippen molar-refractivity contribution in [3.8, 4) is 22.9 Å². The van der Waals surface area contributed by atoms with Gasteiger partial charge >= 0.3 is 0 Å². The molecule has 124 valence electrons. The number of anilines is 1. The minimum Gasteiger partial charge on any atom is -0.416 e. The van der Waals surface area contributed by atoms with Crippen molar-refractivity contribution in [2.75, 3.05) is 17.7 Å². The molecule has 1 unspecified atom stereocenters. The predicted molar refractivity (Wildman–Crippen MR) is 88.1 cm³/mol.